The zero-order chi connectivity index (χ0) is 25.9. The Kier molecular flexibility index (Phi) is 10.4. The van der Waals surface area contributed by atoms with Crippen LogP contribution in [0.4, 0.5) is 0 Å². The second-order valence-corrected chi connectivity index (χ2v) is 24.8. The Morgan fingerprint density at radius 1 is 0.848 bits per heavy atom. The van der Waals surface area contributed by atoms with Crippen LogP contribution in [0.5, 0.6) is 0 Å². The smallest absolute Gasteiger partial charge is 0.192 e. The predicted octanol–water partition coefficient (Wildman–Crippen LogP) is 7.06. The Labute approximate surface area is 209 Å². The summed E-state index contributed by atoms with van der Waals surface area (Å²) in [4.78, 5) is 0. The standard InChI is InChI=1S/C26H51NO3SSi2/c1-24(2,3)31(28)27-22(19-21-17-15-14-16-18-21)23(30-33(12,13)26(7,8)9)20-29-32(10,11)25(4,5)6/h14-18,22-23,27H,19-20H2,1-13H3/t22-,23-,31+/m1/s1. The van der Waals surface area contributed by atoms with E-state index in [1.165, 1.54) is 5.56 Å². The van der Waals surface area contributed by atoms with Gasteiger partial charge in [-0.25, -0.2) is 8.93 Å². The molecule has 1 aromatic carbocycles. The van der Waals surface area contributed by atoms with Crippen molar-refractivity contribution in [2.45, 2.75) is 122 Å². The minimum absolute atomic E-state index is 0.0721. The van der Waals surface area contributed by atoms with Crippen molar-refractivity contribution < 1.29 is 13.1 Å². The second-order valence-electron chi connectivity index (χ2n) is 13.3. The summed E-state index contributed by atoms with van der Waals surface area (Å²) in [5.74, 6) is 0. The molecule has 0 aliphatic carbocycles. The molecule has 0 bridgehead atoms. The molecule has 0 saturated heterocycles. The normalized spacial score (nSPS) is 17.0. The van der Waals surface area contributed by atoms with Crippen LogP contribution in [-0.4, -0.2) is 44.3 Å². The first-order chi connectivity index (χ1) is 14.7. The molecule has 0 fully saturated rings. The first-order valence-corrected chi connectivity index (χ1v) is 19.2. The molecule has 3 atom stereocenters. The van der Waals surface area contributed by atoms with E-state index in [0.29, 0.717) is 6.61 Å². The average Bonchev–Trinajstić information content (AvgIpc) is 2.62. The van der Waals surface area contributed by atoms with Crippen LogP contribution in [0.1, 0.15) is 67.9 Å². The molecule has 0 aromatic heterocycles. The molecule has 0 aliphatic rings. The van der Waals surface area contributed by atoms with Gasteiger partial charge in [-0.1, -0.05) is 71.9 Å². The minimum Gasteiger partial charge on any atom is -0.414 e. The van der Waals surface area contributed by atoms with E-state index in [4.69, 9.17) is 8.85 Å². The van der Waals surface area contributed by atoms with Gasteiger partial charge in [0.25, 0.3) is 0 Å². The van der Waals surface area contributed by atoms with E-state index in [0.717, 1.165) is 6.42 Å². The fourth-order valence-electron chi connectivity index (χ4n) is 2.73. The maximum atomic E-state index is 13.2. The van der Waals surface area contributed by atoms with Gasteiger partial charge in [-0.05, 0) is 69.0 Å². The van der Waals surface area contributed by atoms with Gasteiger partial charge in [0.2, 0.25) is 0 Å². The van der Waals surface area contributed by atoms with Crippen molar-refractivity contribution in [2.75, 3.05) is 6.61 Å². The summed E-state index contributed by atoms with van der Waals surface area (Å²) in [6.45, 7) is 29.2. The van der Waals surface area contributed by atoms with Crippen LogP contribution in [0.15, 0.2) is 30.3 Å². The van der Waals surface area contributed by atoms with E-state index >= 15 is 0 Å². The van der Waals surface area contributed by atoms with E-state index in [2.05, 4.69) is 96.7 Å². The van der Waals surface area contributed by atoms with Gasteiger partial charge in [0.15, 0.2) is 16.6 Å². The van der Waals surface area contributed by atoms with Crippen LogP contribution in [0.2, 0.25) is 36.3 Å². The van der Waals surface area contributed by atoms with Crippen LogP contribution in [0.3, 0.4) is 0 Å². The summed E-state index contributed by atoms with van der Waals surface area (Å²) in [6.07, 6.45) is 0.550. The van der Waals surface area contributed by atoms with Gasteiger partial charge in [0.05, 0.1) is 34.5 Å². The first kappa shape index (κ1) is 30.7. The molecule has 1 aromatic rings. The summed E-state index contributed by atoms with van der Waals surface area (Å²) in [5.41, 5.74) is 1.21. The predicted molar refractivity (Wildman–Crippen MR) is 150 cm³/mol. The summed E-state index contributed by atoms with van der Waals surface area (Å²) in [6, 6.07) is 10.3. The first-order valence-electron chi connectivity index (χ1n) is 12.2. The minimum atomic E-state index is -2.09. The van der Waals surface area contributed by atoms with Gasteiger partial charge in [-0.3, -0.25) is 0 Å². The summed E-state index contributed by atoms with van der Waals surface area (Å²) < 4.78 is 30.0. The molecule has 4 nitrogen and oxygen atoms in total. The molecule has 192 valence electrons. The molecule has 0 heterocycles. The Morgan fingerprint density at radius 3 is 1.76 bits per heavy atom. The Bertz CT molecular complexity index is 762. The van der Waals surface area contributed by atoms with E-state index in [1.807, 2.05) is 26.8 Å². The quantitative estimate of drug-likeness (QED) is 0.341. The summed E-state index contributed by atoms with van der Waals surface area (Å²) in [7, 11) is -5.27. The lowest BCUT2D eigenvalue weighted by Crippen LogP contribution is -2.56. The highest BCUT2D eigenvalue weighted by molar-refractivity contribution is 7.84. The van der Waals surface area contributed by atoms with Crippen LogP contribution in [0, 0.1) is 0 Å². The molecule has 33 heavy (non-hydrogen) atoms. The highest BCUT2D eigenvalue weighted by atomic mass is 32.2. The molecule has 1 N–H and O–H groups in total. The average molecular weight is 514 g/mol. The molecule has 0 saturated carbocycles. The van der Waals surface area contributed by atoms with Crippen molar-refractivity contribution in [1.82, 2.24) is 4.72 Å². The lowest BCUT2D eigenvalue weighted by molar-refractivity contribution is 0.0823. The van der Waals surface area contributed by atoms with Gasteiger partial charge in [-0.15, -0.1) is 0 Å². The molecule has 7 heteroatoms. The molecule has 1 rings (SSSR count). The van der Waals surface area contributed by atoms with Crippen LogP contribution in [-0.2, 0) is 26.3 Å². The lowest BCUT2D eigenvalue weighted by Gasteiger charge is -2.44. The van der Waals surface area contributed by atoms with Crippen molar-refractivity contribution >= 4 is 27.6 Å². The fourth-order valence-corrected chi connectivity index (χ4v) is 5.95. The van der Waals surface area contributed by atoms with Crippen molar-refractivity contribution in [3.8, 4) is 0 Å². The van der Waals surface area contributed by atoms with Crippen LogP contribution < -0.4 is 4.72 Å². The van der Waals surface area contributed by atoms with Gasteiger partial charge < -0.3 is 8.85 Å². The van der Waals surface area contributed by atoms with E-state index < -0.39 is 27.6 Å². The van der Waals surface area contributed by atoms with Crippen LogP contribution in [0.25, 0.3) is 0 Å². The molecular formula is C26H51NO3SSi2. The van der Waals surface area contributed by atoms with Crippen molar-refractivity contribution in [2.24, 2.45) is 0 Å². The largest absolute Gasteiger partial charge is 0.414 e. The number of hydrogen-bond acceptors (Lipinski definition) is 3. The number of benzene rings is 1. The number of hydrogen-bond donors (Lipinski definition) is 1. The topological polar surface area (TPSA) is 47.6 Å². The lowest BCUT2D eigenvalue weighted by atomic mass is 10.0. The molecule has 0 spiro atoms. The molecule has 0 amide bonds. The Balaban J connectivity index is 3.37. The summed E-state index contributed by atoms with van der Waals surface area (Å²) >= 11 is 0. The monoisotopic (exact) mass is 513 g/mol. The highest BCUT2D eigenvalue weighted by Crippen LogP contribution is 2.39. The van der Waals surface area contributed by atoms with Gasteiger partial charge in [0, 0.05) is 0 Å². The van der Waals surface area contributed by atoms with Gasteiger partial charge >= 0.3 is 0 Å². The third-order valence-electron chi connectivity index (χ3n) is 7.23. The maximum Gasteiger partial charge on any atom is 0.192 e. The van der Waals surface area contributed by atoms with E-state index in [9.17, 15) is 4.21 Å². The molecular weight excluding hydrogens is 463 g/mol. The third kappa shape index (κ3) is 9.34. The summed E-state index contributed by atoms with van der Waals surface area (Å²) in [5, 5.41) is 0.188. The zero-order valence-electron chi connectivity index (χ0n) is 23.6. The van der Waals surface area contributed by atoms with E-state index in [1.54, 1.807) is 0 Å². The molecule has 0 aliphatic heterocycles. The second kappa shape index (κ2) is 11.2. The zero-order valence-corrected chi connectivity index (χ0v) is 26.4. The third-order valence-corrected chi connectivity index (χ3v) is 17.9. The van der Waals surface area contributed by atoms with Crippen molar-refractivity contribution in [3.63, 3.8) is 0 Å². The SMILES string of the molecule is CC(C)(C)[S@](=O)N[C@H](Cc1ccccc1)[C@@H](CO[Si](C)(C)C(C)(C)C)O[Si](C)(C)C(C)(C)C. The maximum absolute atomic E-state index is 13.2. The number of rotatable bonds is 10. The number of nitrogens with one attached hydrogen (secondary N) is 1. The Morgan fingerprint density at radius 2 is 1.33 bits per heavy atom. The molecule has 0 unspecified atom stereocenters. The van der Waals surface area contributed by atoms with Crippen LogP contribution >= 0.6 is 0 Å². The fraction of sp³-hybridized carbons (Fsp3) is 0.769. The molecule has 0 radical (unpaired) electrons. The van der Waals surface area contributed by atoms with Crippen molar-refractivity contribution in [1.29, 1.82) is 0 Å². The van der Waals surface area contributed by atoms with E-state index in [-0.39, 0.29) is 27.0 Å². The Hall–Kier alpha value is -0.316. The van der Waals surface area contributed by atoms with Gasteiger partial charge in [0.1, 0.15) is 0 Å². The van der Waals surface area contributed by atoms with Gasteiger partial charge in [-0.2, -0.15) is 0 Å². The highest BCUT2D eigenvalue weighted by Gasteiger charge is 2.43. The van der Waals surface area contributed by atoms with Crippen molar-refractivity contribution in [3.05, 3.63) is 35.9 Å².